The molecule has 34 heavy (non-hydrogen) atoms. The molecule has 2 N–H and O–H groups in total. The molecule has 1 amide bonds. The van der Waals surface area contributed by atoms with E-state index in [9.17, 15) is 26.4 Å². The van der Waals surface area contributed by atoms with Gasteiger partial charge in [-0.25, -0.2) is 26.7 Å². The Morgan fingerprint density at radius 1 is 0.912 bits per heavy atom. The van der Waals surface area contributed by atoms with Crippen molar-refractivity contribution >= 4 is 21.6 Å². The average Bonchev–Trinajstić information content (AvgIpc) is 3.33. The summed E-state index contributed by atoms with van der Waals surface area (Å²) in [7, 11) is -4.29. The van der Waals surface area contributed by atoms with Crippen LogP contribution in [0, 0.1) is 23.4 Å². The minimum atomic E-state index is -4.29. The number of halogens is 3. The van der Waals surface area contributed by atoms with Crippen molar-refractivity contribution in [2.45, 2.75) is 37.1 Å². The number of anilines is 1. The van der Waals surface area contributed by atoms with E-state index in [4.69, 9.17) is 5.14 Å². The van der Waals surface area contributed by atoms with E-state index in [0.717, 1.165) is 41.5 Å². The summed E-state index contributed by atoms with van der Waals surface area (Å²) in [4.78, 5) is 14.4. The van der Waals surface area contributed by atoms with E-state index in [1.807, 2.05) is 13.0 Å². The maximum atomic E-state index is 14.3. The Balaban J connectivity index is 1.45. The summed E-state index contributed by atoms with van der Waals surface area (Å²) in [5, 5.41) is 5.15. The Bertz CT molecular complexity index is 1460. The van der Waals surface area contributed by atoms with Gasteiger partial charge >= 0.3 is 0 Å². The third-order valence-electron chi connectivity index (χ3n) is 6.62. The van der Waals surface area contributed by atoms with Crippen molar-refractivity contribution in [3.63, 3.8) is 0 Å². The molecule has 0 spiro atoms. The summed E-state index contributed by atoms with van der Waals surface area (Å²) in [6, 6.07) is 10.6. The minimum Gasteiger partial charge on any atom is -0.309 e. The first-order valence-corrected chi connectivity index (χ1v) is 12.3. The Morgan fingerprint density at radius 2 is 1.65 bits per heavy atom. The zero-order valence-electron chi connectivity index (χ0n) is 18.2. The predicted octanol–water partition coefficient (Wildman–Crippen LogP) is 4.11. The highest BCUT2D eigenvalue weighted by Gasteiger charge is 2.38. The van der Waals surface area contributed by atoms with Crippen molar-refractivity contribution in [3.05, 3.63) is 82.7 Å². The number of nitrogens with zero attached hydrogens (tertiary/aromatic N) is 1. The van der Waals surface area contributed by atoms with Crippen LogP contribution >= 0.6 is 0 Å². The van der Waals surface area contributed by atoms with Crippen molar-refractivity contribution in [3.8, 4) is 11.1 Å². The van der Waals surface area contributed by atoms with Gasteiger partial charge in [0.1, 0.15) is 22.3 Å². The molecule has 1 heterocycles. The highest BCUT2D eigenvalue weighted by atomic mass is 32.2. The fourth-order valence-electron chi connectivity index (χ4n) is 5.05. The fraction of sp³-hybridized carbons (Fsp3) is 0.240. The van der Waals surface area contributed by atoms with E-state index in [2.05, 4.69) is 0 Å². The van der Waals surface area contributed by atoms with Crippen LogP contribution in [0.15, 0.2) is 53.4 Å². The van der Waals surface area contributed by atoms with Gasteiger partial charge < -0.3 is 4.90 Å². The van der Waals surface area contributed by atoms with Gasteiger partial charge in [0.2, 0.25) is 15.9 Å². The van der Waals surface area contributed by atoms with E-state index >= 15 is 0 Å². The second kappa shape index (κ2) is 7.95. The monoisotopic (exact) mass is 486 g/mol. The van der Waals surface area contributed by atoms with Crippen LogP contribution in [0.2, 0.25) is 0 Å². The molecule has 0 radical (unpaired) electrons. The van der Waals surface area contributed by atoms with Gasteiger partial charge in [0.05, 0.1) is 0 Å². The summed E-state index contributed by atoms with van der Waals surface area (Å²) >= 11 is 0. The topological polar surface area (TPSA) is 80.5 Å². The molecule has 5 rings (SSSR count). The second-order valence-corrected chi connectivity index (χ2v) is 10.5. The van der Waals surface area contributed by atoms with E-state index in [1.54, 1.807) is 12.1 Å². The van der Waals surface area contributed by atoms with Crippen molar-refractivity contribution < 1.29 is 26.4 Å². The SMILES string of the molecule is C[C@@H]1Cc2cc(F)c(S(N)(=O)=O)cc2N1C(=O)[C@@H]1Cc2ccc(-c3cc(F)ccc3F)cc2C1. The van der Waals surface area contributed by atoms with Gasteiger partial charge in [-0.3, -0.25) is 4.79 Å². The van der Waals surface area contributed by atoms with Crippen LogP contribution in [-0.4, -0.2) is 20.4 Å². The number of sulfonamides is 1. The Labute approximate surface area is 195 Å². The number of carbonyl (C=O) groups excluding carboxylic acids is 1. The molecule has 0 saturated heterocycles. The number of hydrogen-bond acceptors (Lipinski definition) is 3. The molecule has 2 atom stereocenters. The first-order chi connectivity index (χ1) is 16.0. The molecular formula is C25H21F3N2O3S. The van der Waals surface area contributed by atoms with Crippen LogP contribution in [0.25, 0.3) is 11.1 Å². The molecular weight excluding hydrogens is 465 g/mol. The lowest BCUT2D eigenvalue weighted by atomic mass is 10.00. The third-order valence-corrected chi connectivity index (χ3v) is 7.55. The molecule has 0 bridgehead atoms. The van der Waals surface area contributed by atoms with Gasteiger partial charge in [0, 0.05) is 23.2 Å². The largest absolute Gasteiger partial charge is 0.309 e. The highest BCUT2D eigenvalue weighted by molar-refractivity contribution is 7.89. The van der Waals surface area contributed by atoms with E-state index in [1.165, 1.54) is 4.90 Å². The molecule has 0 unspecified atom stereocenters. The van der Waals surface area contributed by atoms with Crippen LogP contribution in [0.5, 0.6) is 0 Å². The molecule has 0 saturated carbocycles. The summed E-state index contributed by atoms with van der Waals surface area (Å²) < 4.78 is 65.8. The highest BCUT2D eigenvalue weighted by Crippen LogP contribution is 2.39. The van der Waals surface area contributed by atoms with Gasteiger partial charge in [-0.2, -0.15) is 0 Å². The van der Waals surface area contributed by atoms with Crippen molar-refractivity contribution in [1.29, 1.82) is 0 Å². The molecule has 3 aromatic carbocycles. The van der Waals surface area contributed by atoms with Crippen molar-refractivity contribution in [2.75, 3.05) is 4.90 Å². The molecule has 176 valence electrons. The quantitative estimate of drug-likeness (QED) is 0.605. The molecule has 0 aromatic heterocycles. The summed E-state index contributed by atoms with van der Waals surface area (Å²) in [6.45, 7) is 1.82. The predicted molar refractivity (Wildman–Crippen MR) is 121 cm³/mol. The maximum Gasteiger partial charge on any atom is 0.241 e. The summed E-state index contributed by atoms with van der Waals surface area (Å²) in [5.41, 5.74) is 3.38. The summed E-state index contributed by atoms with van der Waals surface area (Å²) in [6.07, 6.45) is 1.26. The Hall–Kier alpha value is -3.17. The number of nitrogens with two attached hydrogens (primary N) is 1. The van der Waals surface area contributed by atoms with E-state index in [0.29, 0.717) is 36.1 Å². The lowest BCUT2D eigenvalue weighted by molar-refractivity contribution is -0.122. The van der Waals surface area contributed by atoms with E-state index < -0.39 is 38.3 Å². The minimum absolute atomic E-state index is 0.150. The molecule has 0 fully saturated rings. The van der Waals surface area contributed by atoms with Crippen LogP contribution in [0.3, 0.4) is 0 Å². The van der Waals surface area contributed by atoms with Gasteiger partial charge in [-0.1, -0.05) is 18.2 Å². The van der Waals surface area contributed by atoms with Gasteiger partial charge in [-0.05, 0) is 78.8 Å². The molecule has 5 nitrogen and oxygen atoms in total. The molecule has 9 heteroatoms. The van der Waals surface area contributed by atoms with Crippen LogP contribution in [0.1, 0.15) is 23.6 Å². The lowest BCUT2D eigenvalue weighted by Gasteiger charge is -2.26. The van der Waals surface area contributed by atoms with Gasteiger partial charge in [0.15, 0.2) is 0 Å². The van der Waals surface area contributed by atoms with Crippen molar-refractivity contribution in [1.82, 2.24) is 0 Å². The summed E-state index contributed by atoms with van der Waals surface area (Å²) in [5.74, 6) is -2.63. The number of amides is 1. The number of benzene rings is 3. The third kappa shape index (κ3) is 3.78. The van der Waals surface area contributed by atoms with Crippen LogP contribution < -0.4 is 10.0 Å². The van der Waals surface area contributed by atoms with Gasteiger partial charge in [-0.15, -0.1) is 0 Å². The molecule has 2 aliphatic rings. The molecule has 3 aromatic rings. The number of carbonyl (C=O) groups is 1. The van der Waals surface area contributed by atoms with Crippen LogP contribution in [-0.2, 0) is 34.1 Å². The normalized spacial score (nSPS) is 19.3. The molecule has 1 aliphatic heterocycles. The average molecular weight is 487 g/mol. The maximum absolute atomic E-state index is 14.3. The fourth-order valence-corrected chi connectivity index (χ4v) is 5.65. The smallest absolute Gasteiger partial charge is 0.241 e. The number of primary sulfonamides is 1. The second-order valence-electron chi connectivity index (χ2n) is 8.93. The number of rotatable bonds is 3. The van der Waals surface area contributed by atoms with Crippen LogP contribution in [0.4, 0.5) is 18.9 Å². The Morgan fingerprint density at radius 3 is 2.38 bits per heavy atom. The zero-order valence-corrected chi connectivity index (χ0v) is 19.0. The Kier molecular flexibility index (Phi) is 5.29. The zero-order chi connectivity index (χ0) is 24.4. The first-order valence-electron chi connectivity index (χ1n) is 10.8. The lowest BCUT2D eigenvalue weighted by Crippen LogP contribution is -2.40. The number of hydrogen-bond donors (Lipinski definition) is 1. The van der Waals surface area contributed by atoms with Gasteiger partial charge in [0.25, 0.3) is 0 Å². The standard InChI is InChI=1S/C25H21F3N2O3S/c1-13-6-17-10-22(28)24(34(29,32)33)12-23(17)30(13)25(31)18-7-14-2-3-15(8-16(14)9-18)20-11-19(26)4-5-21(20)27/h2-5,8,10-13,18H,6-7,9H2,1H3,(H2,29,32,33)/t13-,18-/m1/s1. The van der Waals surface area contributed by atoms with Crippen molar-refractivity contribution in [2.24, 2.45) is 11.1 Å². The number of fused-ring (bicyclic) bond motifs is 2. The first kappa shape index (κ1) is 22.6. The molecule has 1 aliphatic carbocycles. The van der Waals surface area contributed by atoms with E-state index in [-0.39, 0.29) is 17.5 Å².